The molecule has 0 unspecified atom stereocenters. The number of ether oxygens (including phenoxy) is 2. The number of methoxy groups -OCH3 is 1. The van der Waals surface area contributed by atoms with Crippen molar-refractivity contribution < 1.29 is 9.47 Å². The highest BCUT2D eigenvalue weighted by Gasteiger charge is 2.03. The Bertz CT molecular complexity index is 640. The van der Waals surface area contributed by atoms with Crippen LogP contribution in [-0.2, 0) is 16.0 Å². The highest BCUT2D eigenvalue weighted by molar-refractivity contribution is 5.85. The van der Waals surface area contributed by atoms with Crippen molar-refractivity contribution in [3.8, 4) is 0 Å². The van der Waals surface area contributed by atoms with Gasteiger partial charge in [-0.05, 0) is 17.9 Å². The van der Waals surface area contributed by atoms with Gasteiger partial charge in [-0.2, -0.15) is 0 Å². The third kappa shape index (κ3) is 5.79. The minimum Gasteiger partial charge on any atom is -0.382 e. The van der Waals surface area contributed by atoms with Gasteiger partial charge < -0.3 is 20.1 Å². The van der Waals surface area contributed by atoms with Gasteiger partial charge in [0.05, 0.1) is 25.5 Å². The predicted octanol–water partition coefficient (Wildman–Crippen LogP) is 1.95. The van der Waals surface area contributed by atoms with Gasteiger partial charge in [0.2, 0.25) is 0 Å². The number of hydrogen-bond donors (Lipinski definition) is 2. The first-order chi connectivity index (χ1) is 11.8. The van der Waals surface area contributed by atoms with Crippen LogP contribution in [0.4, 0.5) is 0 Å². The predicted molar refractivity (Wildman–Crippen MR) is 97.3 cm³/mol. The largest absolute Gasteiger partial charge is 0.382 e. The molecule has 2 aromatic rings. The van der Waals surface area contributed by atoms with Crippen molar-refractivity contribution >= 4 is 16.7 Å². The van der Waals surface area contributed by atoms with Crippen molar-refractivity contribution in [1.82, 2.24) is 15.6 Å². The fourth-order valence-electron chi connectivity index (χ4n) is 2.34. The minimum atomic E-state index is 0.630. The molecular weight excluding hydrogens is 304 g/mol. The quantitative estimate of drug-likeness (QED) is 0.418. The Kier molecular flexibility index (Phi) is 8.00. The second-order valence-corrected chi connectivity index (χ2v) is 5.29. The maximum atomic E-state index is 5.43. The monoisotopic (exact) mass is 330 g/mol. The average Bonchev–Trinajstić information content (AvgIpc) is 2.63. The summed E-state index contributed by atoms with van der Waals surface area (Å²) in [5, 5.41) is 8.94. The van der Waals surface area contributed by atoms with E-state index in [1.165, 1.54) is 5.39 Å². The fourth-order valence-corrected chi connectivity index (χ4v) is 2.34. The summed E-state index contributed by atoms with van der Waals surface area (Å²) in [5.74, 6) is 0.765. The first kappa shape index (κ1) is 18.2. The third-order valence-corrected chi connectivity index (χ3v) is 3.59. The maximum absolute atomic E-state index is 5.43. The van der Waals surface area contributed by atoms with Crippen LogP contribution in [-0.4, -0.2) is 51.5 Å². The molecule has 6 nitrogen and oxygen atoms in total. The Hall–Kier alpha value is -2.18. The van der Waals surface area contributed by atoms with Crippen LogP contribution in [0.5, 0.6) is 0 Å². The lowest BCUT2D eigenvalue weighted by molar-refractivity contribution is 0.0698. The average molecular weight is 330 g/mol. The van der Waals surface area contributed by atoms with Gasteiger partial charge >= 0.3 is 0 Å². The number of guanidine groups is 1. The van der Waals surface area contributed by atoms with E-state index in [2.05, 4.69) is 32.7 Å². The molecule has 1 heterocycles. The first-order valence-corrected chi connectivity index (χ1v) is 8.19. The van der Waals surface area contributed by atoms with Crippen LogP contribution in [0.3, 0.4) is 0 Å². The van der Waals surface area contributed by atoms with Crippen molar-refractivity contribution in [2.75, 3.05) is 40.5 Å². The van der Waals surface area contributed by atoms with E-state index in [9.17, 15) is 0 Å². The van der Waals surface area contributed by atoms with Crippen LogP contribution >= 0.6 is 0 Å². The van der Waals surface area contributed by atoms with Gasteiger partial charge in [0.1, 0.15) is 0 Å². The zero-order valence-electron chi connectivity index (χ0n) is 14.4. The van der Waals surface area contributed by atoms with E-state index in [1.807, 2.05) is 24.4 Å². The summed E-state index contributed by atoms with van der Waals surface area (Å²) >= 11 is 0. The lowest BCUT2D eigenvalue weighted by Gasteiger charge is -2.12. The lowest BCUT2D eigenvalue weighted by atomic mass is 10.1. The highest BCUT2D eigenvalue weighted by atomic mass is 16.5. The highest BCUT2D eigenvalue weighted by Crippen LogP contribution is 2.15. The number of nitrogens with zero attached hydrogens (tertiary/aromatic N) is 2. The Morgan fingerprint density at radius 2 is 2.00 bits per heavy atom. The molecular formula is C18H26N4O2. The standard InChI is InChI=1S/C18H26N4O2/c1-19-18(21-9-5-11-24-13-12-23-2)22-14-17-16-7-4-3-6-15(16)8-10-20-17/h3-4,6-8,10H,5,9,11-14H2,1-2H3,(H2,19,21,22). The number of aromatic nitrogens is 1. The van der Waals surface area contributed by atoms with Gasteiger partial charge in [-0.15, -0.1) is 0 Å². The number of pyridine rings is 1. The van der Waals surface area contributed by atoms with Crippen LogP contribution in [0.25, 0.3) is 10.8 Å². The van der Waals surface area contributed by atoms with Gasteiger partial charge in [-0.1, -0.05) is 24.3 Å². The van der Waals surface area contributed by atoms with E-state index >= 15 is 0 Å². The summed E-state index contributed by atoms with van der Waals surface area (Å²) in [6.45, 7) is 3.41. The molecule has 24 heavy (non-hydrogen) atoms. The van der Waals surface area contributed by atoms with E-state index in [0.717, 1.165) is 30.0 Å². The Morgan fingerprint density at radius 1 is 1.12 bits per heavy atom. The normalized spacial score (nSPS) is 11.7. The molecule has 0 bridgehead atoms. The Morgan fingerprint density at radius 3 is 2.83 bits per heavy atom. The molecule has 1 aromatic carbocycles. The van der Waals surface area contributed by atoms with Crippen molar-refractivity contribution in [2.24, 2.45) is 4.99 Å². The van der Waals surface area contributed by atoms with E-state index in [1.54, 1.807) is 14.2 Å². The molecule has 0 spiro atoms. The lowest BCUT2D eigenvalue weighted by Crippen LogP contribution is -2.37. The van der Waals surface area contributed by atoms with Crippen LogP contribution in [0.2, 0.25) is 0 Å². The van der Waals surface area contributed by atoms with Crippen LogP contribution in [0, 0.1) is 0 Å². The number of fused-ring (bicyclic) bond motifs is 1. The Labute approximate surface area is 143 Å². The van der Waals surface area contributed by atoms with Gasteiger partial charge in [-0.25, -0.2) is 0 Å². The molecule has 0 radical (unpaired) electrons. The van der Waals surface area contributed by atoms with Crippen LogP contribution < -0.4 is 10.6 Å². The molecule has 0 aliphatic heterocycles. The zero-order chi connectivity index (χ0) is 17.0. The summed E-state index contributed by atoms with van der Waals surface area (Å²) in [6, 6.07) is 10.3. The van der Waals surface area contributed by atoms with E-state index in [-0.39, 0.29) is 0 Å². The maximum Gasteiger partial charge on any atom is 0.191 e. The number of rotatable bonds is 9. The number of aliphatic imine (C=N–C) groups is 1. The molecule has 2 rings (SSSR count). The van der Waals surface area contributed by atoms with Crippen LogP contribution in [0.15, 0.2) is 41.5 Å². The van der Waals surface area contributed by atoms with Gasteiger partial charge in [0.15, 0.2) is 5.96 Å². The number of hydrogen-bond acceptors (Lipinski definition) is 4. The summed E-state index contributed by atoms with van der Waals surface area (Å²) < 4.78 is 10.4. The van der Waals surface area contributed by atoms with Crippen molar-refractivity contribution in [1.29, 1.82) is 0 Å². The number of benzene rings is 1. The van der Waals surface area contributed by atoms with Crippen molar-refractivity contribution in [3.05, 3.63) is 42.2 Å². The van der Waals surface area contributed by atoms with Gasteiger partial charge in [0.25, 0.3) is 0 Å². The van der Waals surface area contributed by atoms with E-state index in [4.69, 9.17) is 9.47 Å². The smallest absolute Gasteiger partial charge is 0.191 e. The van der Waals surface area contributed by atoms with Crippen molar-refractivity contribution in [3.63, 3.8) is 0 Å². The minimum absolute atomic E-state index is 0.630. The SMILES string of the molecule is CN=C(NCCCOCCOC)NCc1nccc2ccccc12. The summed E-state index contributed by atoms with van der Waals surface area (Å²) in [5.41, 5.74) is 1.01. The third-order valence-electron chi connectivity index (χ3n) is 3.59. The molecule has 1 aromatic heterocycles. The first-order valence-electron chi connectivity index (χ1n) is 8.19. The molecule has 130 valence electrons. The molecule has 0 aliphatic carbocycles. The fraction of sp³-hybridized carbons (Fsp3) is 0.444. The zero-order valence-corrected chi connectivity index (χ0v) is 14.4. The molecule has 0 amide bonds. The van der Waals surface area contributed by atoms with Crippen molar-refractivity contribution in [2.45, 2.75) is 13.0 Å². The molecule has 0 fully saturated rings. The van der Waals surface area contributed by atoms with Crippen LogP contribution in [0.1, 0.15) is 12.1 Å². The summed E-state index contributed by atoms with van der Waals surface area (Å²) in [4.78, 5) is 8.71. The molecule has 2 N–H and O–H groups in total. The van der Waals surface area contributed by atoms with Gasteiger partial charge in [0, 0.05) is 38.9 Å². The molecule has 0 atom stereocenters. The summed E-state index contributed by atoms with van der Waals surface area (Å²) in [6.07, 6.45) is 2.75. The van der Waals surface area contributed by atoms with Gasteiger partial charge in [-0.3, -0.25) is 9.98 Å². The Balaban J connectivity index is 1.75. The molecule has 0 saturated heterocycles. The van der Waals surface area contributed by atoms with E-state index in [0.29, 0.717) is 26.4 Å². The summed E-state index contributed by atoms with van der Waals surface area (Å²) in [7, 11) is 3.44. The topological polar surface area (TPSA) is 67.8 Å². The number of nitrogens with one attached hydrogen (secondary N) is 2. The molecule has 0 aliphatic rings. The second-order valence-electron chi connectivity index (χ2n) is 5.29. The molecule has 6 heteroatoms. The molecule has 0 saturated carbocycles. The second kappa shape index (κ2) is 10.6. The van der Waals surface area contributed by atoms with E-state index < -0.39 is 0 Å².